The maximum atomic E-state index is 15.2. The molecule has 5 aromatic rings. The van der Waals surface area contributed by atoms with Gasteiger partial charge in [0.15, 0.2) is 0 Å². The highest BCUT2D eigenvalue weighted by molar-refractivity contribution is 7.99. The molecule has 3 N–H and O–H groups in total. The Hall–Kier alpha value is -6.08. The van der Waals surface area contributed by atoms with Crippen LogP contribution in [-0.4, -0.2) is 144 Å². The number of hydrogen-bond acceptors (Lipinski definition) is 14. The maximum Gasteiger partial charge on any atom is 0.501 e. The molecule has 4 heterocycles. The Morgan fingerprint density at radius 1 is 0.802 bits per heavy atom. The van der Waals surface area contributed by atoms with Crippen LogP contribution in [0.1, 0.15) is 67.4 Å². The highest BCUT2D eigenvalue weighted by atomic mass is 35.5. The molecule has 3 fully saturated rings. The van der Waals surface area contributed by atoms with Gasteiger partial charge in [0.25, 0.3) is 25.8 Å². The lowest BCUT2D eigenvalue weighted by molar-refractivity contribution is -0.120. The summed E-state index contributed by atoms with van der Waals surface area (Å²) in [7, 11) is -11.1. The van der Waals surface area contributed by atoms with E-state index in [2.05, 4.69) is 56.3 Å². The van der Waals surface area contributed by atoms with Crippen LogP contribution in [0.3, 0.4) is 0 Å². The number of amides is 4. The number of allylic oxidation sites excluding steroid dienone is 1. The van der Waals surface area contributed by atoms with Crippen LogP contribution in [-0.2, 0) is 31.2 Å². The second-order valence-electron chi connectivity index (χ2n) is 21.5. The number of carbonyl (C=O) groups excluding carboxylic acids is 3. The third kappa shape index (κ3) is 15.0. The van der Waals surface area contributed by atoms with Crippen molar-refractivity contribution in [3.63, 3.8) is 0 Å². The molecule has 0 unspecified atom stereocenters. The summed E-state index contributed by atoms with van der Waals surface area (Å²) >= 11 is 7.60. The largest absolute Gasteiger partial charge is 0.501 e. The summed E-state index contributed by atoms with van der Waals surface area (Å²) in [6.45, 7) is 11.4. The van der Waals surface area contributed by atoms with E-state index in [1.807, 2.05) is 52.1 Å². The zero-order valence-corrected chi connectivity index (χ0v) is 48.1. The van der Waals surface area contributed by atoms with Crippen molar-refractivity contribution in [3.05, 3.63) is 142 Å². The van der Waals surface area contributed by atoms with Crippen molar-refractivity contribution >= 4 is 83.8 Å². The van der Waals surface area contributed by atoms with Gasteiger partial charge in [-0.3, -0.25) is 29.6 Å². The number of benzene rings is 4. The topological polar surface area (TPSA) is 185 Å². The Morgan fingerprint density at radius 3 is 2.14 bits per heavy atom. The Labute approximate surface area is 479 Å². The Morgan fingerprint density at radius 2 is 1.47 bits per heavy atom. The van der Waals surface area contributed by atoms with Crippen molar-refractivity contribution in [1.82, 2.24) is 29.7 Å². The summed E-state index contributed by atoms with van der Waals surface area (Å²) in [4.78, 5) is 50.0. The second kappa shape index (κ2) is 25.2. The number of anilines is 3. The molecule has 0 spiro atoms. The summed E-state index contributed by atoms with van der Waals surface area (Å²) in [6, 6.07) is 27.7. The van der Waals surface area contributed by atoms with E-state index >= 15 is 4.39 Å². The number of nitrogens with one attached hydrogen (secondary N) is 3. The van der Waals surface area contributed by atoms with Crippen molar-refractivity contribution in [2.45, 2.75) is 78.7 Å². The number of carbonyl (C=O) groups is 3. The lowest BCUT2D eigenvalue weighted by atomic mass is 9.73. The quantitative estimate of drug-likeness (QED) is 0.0404. The van der Waals surface area contributed by atoms with Crippen LogP contribution in [0.4, 0.5) is 39.5 Å². The van der Waals surface area contributed by atoms with E-state index in [1.165, 1.54) is 51.6 Å². The first-order valence-corrected chi connectivity index (χ1v) is 31.1. The summed E-state index contributed by atoms with van der Waals surface area (Å²) in [5, 5.41) is 5.89. The zero-order chi connectivity index (χ0) is 57.7. The summed E-state index contributed by atoms with van der Waals surface area (Å²) in [5.41, 5.74) is -0.965. The molecule has 0 bridgehead atoms. The molecule has 16 nitrogen and oxygen atoms in total. The third-order valence-electron chi connectivity index (χ3n) is 15.2. The molecule has 3 aliphatic heterocycles. The molecule has 24 heteroatoms. The number of pyridine rings is 1. The van der Waals surface area contributed by atoms with Crippen LogP contribution < -0.4 is 25.2 Å². The molecular weight excluding hydrogens is 1130 g/mol. The molecule has 4 amide bonds. The number of imide groups is 1. The Balaban J connectivity index is 0.830. The average molecular weight is 1190 g/mol. The SMILES string of the molecule is CC1(C)CCC(c2ccc(Cl)cc2)=C(CN2CCN(c3ccc(C(=O)NS(=O)(=O)c4ccc(N[C@H](CCN5CCN(Cc6ccc(N7CCC(=O)NC7=O)nc6F)CC5)CSc5ccccc5)c(S(=O)(=O)C(F)(F)F)c4)cc3)CC2)C1. The molecule has 0 saturated carbocycles. The molecule has 9 rings (SSSR count). The number of halogens is 5. The fourth-order valence-electron chi connectivity index (χ4n) is 10.6. The number of aromatic nitrogens is 1. The van der Waals surface area contributed by atoms with Crippen LogP contribution in [0.25, 0.3) is 5.57 Å². The highest BCUT2D eigenvalue weighted by Gasteiger charge is 2.48. The molecule has 1 aromatic heterocycles. The van der Waals surface area contributed by atoms with Crippen LogP contribution in [0, 0.1) is 11.4 Å². The second-order valence-corrected chi connectivity index (χ2v) is 26.6. The van der Waals surface area contributed by atoms with Crippen LogP contribution in [0.15, 0.2) is 129 Å². The van der Waals surface area contributed by atoms with Crippen molar-refractivity contribution < 1.29 is 48.8 Å². The van der Waals surface area contributed by atoms with Crippen LogP contribution in [0.2, 0.25) is 5.02 Å². The number of hydrogen-bond donors (Lipinski definition) is 3. The molecule has 432 valence electrons. The number of sulfone groups is 1. The number of urea groups is 1. The lowest BCUT2D eigenvalue weighted by Crippen LogP contribution is -2.50. The fraction of sp³-hybridized carbons (Fsp3) is 0.404. The van der Waals surface area contributed by atoms with E-state index in [4.69, 9.17) is 11.6 Å². The number of thioether (sulfide) groups is 1. The normalized spacial score (nSPS) is 18.4. The van der Waals surface area contributed by atoms with E-state index in [0.29, 0.717) is 68.9 Å². The fourth-order valence-corrected chi connectivity index (χ4v) is 13.7. The van der Waals surface area contributed by atoms with Gasteiger partial charge < -0.3 is 15.1 Å². The van der Waals surface area contributed by atoms with Gasteiger partial charge in [-0.25, -0.2) is 31.3 Å². The summed E-state index contributed by atoms with van der Waals surface area (Å²) < 4.78 is 115. The zero-order valence-electron chi connectivity index (χ0n) is 44.9. The third-order valence-corrected chi connectivity index (χ3v) is 19.5. The first-order valence-electron chi connectivity index (χ1n) is 26.7. The molecule has 4 aromatic carbocycles. The van der Waals surface area contributed by atoms with Gasteiger partial charge in [-0.15, -0.1) is 11.8 Å². The number of sulfonamides is 1. The average Bonchev–Trinajstić information content (AvgIpc) is 3.43. The van der Waals surface area contributed by atoms with Crippen molar-refractivity contribution in [1.29, 1.82) is 0 Å². The molecule has 0 radical (unpaired) electrons. The minimum Gasteiger partial charge on any atom is -0.380 e. The van der Waals surface area contributed by atoms with Gasteiger partial charge in [-0.1, -0.05) is 61.4 Å². The summed E-state index contributed by atoms with van der Waals surface area (Å²) in [5.74, 6) is -1.86. The van der Waals surface area contributed by atoms with Crippen LogP contribution in [0.5, 0.6) is 0 Å². The first kappa shape index (κ1) is 59.5. The van der Waals surface area contributed by atoms with Crippen LogP contribution >= 0.6 is 23.4 Å². The van der Waals surface area contributed by atoms with E-state index < -0.39 is 70.7 Å². The standard InChI is InChI=1S/C57H64ClF4N9O7S3/c1-56(2)23-20-48(39-8-13-43(58)14-9-39)42(35-56)37-69-30-32-70(33-31-69)45-15-10-40(11-16-45)54(73)66-81(77,78)47-17-18-49(50(34-47)80(75,76)57(60,61)62)63-44(38-79-46-6-4-3-5-7-46)21-24-67-26-28-68(29-27-67)36-41-12-19-51(64-53(41)59)71-25-22-52(72)65-55(71)74/h3-19,34,44,63H,20-33,35-38H2,1-2H3,(H,66,73)(H,65,72,74)/t44-/m1/s1. The lowest BCUT2D eigenvalue weighted by Gasteiger charge is -2.39. The van der Waals surface area contributed by atoms with Gasteiger partial charge in [-0.2, -0.15) is 17.6 Å². The predicted octanol–water partition coefficient (Wildman–Crippen LogP) is 9.30. The monoisotopic (exact) mass is 1190 g/mol. The number of rotatable bonds is 19. The maximum absolute atomic E-state index is 15.2. The predicted molar refractivity (Wildman–Crippen MR) is 306 cm³/mol. The molecular formula is C57H64ClF4N9O7S3. The Bertz CT molecular complexity index is 3360. The van der Waals surface area contributed by atoms with Crippen molar-refractivity contribution in [3.8, 4) is 0 Å². The molecule has 3 saturated heterocycles. The minimum absolute atomic E-state index is 0.0350. The molecule has 4 aliphatic rings. The van der Waals surface area contributed by atoms with E-state index in [9.17, 15) is 44.4 Å². The molecule has 1 aliphatic carbocycles. The van der Waals surface area contributed by atoms with Gasteiger partial charge in [0, 0.05) is 123 Å². The van der Waals surface area contributed by atoms with Crippen molar-refractivity contribution in [2.24, 2.45) is 5.41 Å². The Kier molecular flexibility index (Phi) is 18.5. The smallest absolute Gasteiger partial charge is 0.380 e. The first-order chi connectivity index (χ1) is 38.5. The summed E-state index contributed by atoms with van der Waals surface area (Å²) in [6.07, 6.45) is 3.50. The van der Waals surface area contributed by atoms with E-state index in [1.54, 1.807) is 18.2 Å². The molecule has 81 heavy (non-hydrogen) atoms. The van der Waals surface area contributed by atoms with Crippen molar-refractivity contribution in [2.75, 3.05) is 92.9 Å². The van der Waals surface area contributed by atoms with Gasteiger partial charge >= 0.3 is 11.5 Å². The van der Waals surface area contributed by atoms with E-state index in [0.717, 1.165) is 61.6 Å². The number of alkyl halides is 3. The van der Waals surface area contributed by atoms with Gasteiger partial charge in [0.2, 0.25) is 11.9 Å². The molecule has 1 atom stereocenters. The van der Waals surface area contributed by atoms with E-state index in [-0.39, 0.29) is 42.1 Å². The number of piperazine rings is 2. The minimum atomic E-state index is -6.15. The number of nitrogens with zero attached hydrogens (tertiary/aromatic N) is 6. The van der Waals surface area contributed by atoms with Gasteiger partial charge in [0.1, 0.15) is 10.7 Å². The van der Waals surface area contributed by atoms with Gasteiger partial charge in [-0.05, 0) is 121 Å². The van der Waals surface area contributed by atoms with Gasteiger partial charge in [0.05, 0.1) is 10.6 Å². The highest BCUT2D eigenvalue weighted by Crippen LogP contribution is 2.43.